The molecule has 1 saturated carbocycles. The zero-order valence-electron chi connectivity index (χ0n) is 15.0. The first kappa shape index (κ1) is 18.4. The van der Waals surface area contributed by atoms with E-state index in [0.29, 0.717) is 0 Å². The van der Waals surface area contributed by atoms with E-state index in [9.17, 15) is 18.8 Å². The standard InChI is InChI=1S/C19H24FN3O3/c1-19(2)17(25)23(18(26)22-19)11-16(24)21-15-5-3-4-13(15)10-12-6-8-14(20)9-7-12/h6-9,13,15H,3-5,10-11H2,1-2H3,(H,21,24)(H,22,26)/t13-,15-/m1/s1. The third-order valence-electron chi connectivity index (χ3n) is 5.16. The lowest BCUT2D eigenvalue weighted by Crippen LogP contribution is -2.46. The lowest BCUT2D eigenvalue weighted by molar-refractivity contribution is -0.134. The first-order valence-electron chi connectivity index (χ1n) is 8.94. The van der Waals surface area contributed by atoms with Crippen LogP contribution >= 0.6 is 0 Å². The molecule has 7 heteroatoms. The molecule has 0 radical (unpaired) electrons. The van der Waals surface area contributed by atoms with Crippen LogP contribution in [0.25, 0.3) is 0 Å². The quantitative estimate of drug-likeness (QED) is 0.787. The molecule has 1 saturated heterocycles. The van der Waals surface area contributed by atoms with Crippen LogP contribution in [0.5, 0.6) is 0 Å². The summed E-state index contributed by atoms with van der Waals surface area (Å²) in [5, 5.41) is 5.53. The predicted molar refractivity (Wildman–Crippen MR) is 93.7 cm³/mol. The van der Waals surface area contributed by atoms with E-state index < -0.39 is 17.5 Å². The highest BCUT2D eigenvalue weighted by molar-refractivity contribution is 6.08. The zero-order chi connectivity index (χ0) is 18.9. The average molecular weight is 361 g/mol. The van der Waals surface area contributed by atoms with Gasteiger partial charge in [0.1, 0.15) is 17.9 Å². The summed E-state index contributed by atoms with van der Waals surface area (Å²) in [6.45, 7) is 2.95. The molecule has 2 aliphatic rings. The maximum Gasteiger partial charge on any atom is 0.325 e. The molecule has 0 bridgehead atoms. The van der Waals surface area contributed by atoms with E-state index in [2.05, 4.69) is 10.6 Å². The Morgan fingerprint density at radius 2 is 1.96 bits per heavy atom. The van der Waals surface area contributed by atoms with Gasteiger partial charge in [-0.3, -0.25) is 14.5 Å². The molecule has 1 aromatic rings. The second-order valence-electron chi connectivity index (χ2n) is 7.64. The van der Waals surface area contributed by atoms with E-state index in [4.69, 9.17) is 0 Å². The van der Waals surface area contributed by atoms with E-state index in [1.807, 2.05) is 0 Å². The van der Waals surface area contributed by atoms with Crippen molar-refractivity contribution in [2.45, 2.75) is 51.1 Å². The summed E-state index contributed by atoms with van der Waals surface area (Å²) in [6.07, 6.45) is 3.62. The van der Waals surface area contributed by atoms with Crippen LogP contribution in [0.4, 0.5) is 9.18 Å². The number of rotatable bonds is 5. The van der Waals surface area contributed by atoms with Gasteiger partial charge in [-0.1, -0.05) is 18.6 Å². The number of amides is 4. The Morgan fingerprint density at radius 1 is 1.27 bits per heavy atom. The van der Waals surface area contributed by atoms with E-state index in [-0.39, 0.29) is 30.2 Å². The van der Waals surface area contributed by atoms with Crippen molar-refractivity contribution in [2.75, 3.05) is 6.54 Å². The number of imide groups is 1. The van der Waals surface area contributed by atoms with Crippen LogP contribution in [0.2, 0.25) is 0 Å². The third-order valence-corrected chi connectivity index (χ3v) is 5.16. The number of urea groups is 1. The normalized spacial score (nSPS) is 24.7. The fourth-order valence-corrected chi connectivity index (χ4v) is 3.75. The molecule has 0 spiro atoms. The highest BCUT2D eigenvalue weighted by Gasteiger charge is 2.45. The van der Waals surface area contributed by atoms with Gasteiger partial charge >= 0.3 is 6.03 Å². The van der Waals surface area contributed by atoms with Crippen LogP contribution in [0.15, 0.2) is 24.3 Å². The molecule has 2 fully saturated rings. The number of hydrogen-bond donors (Lipinski definition) is 2. The summed E-state index contributed by atoms with van der Waals surface area (Å²) in [6, 6.07) is 5.88. The minimum Gasteiger partial charge on any atom is -0.352 e. The van der Waals surface area contributed by atoms with Crippen molar-refractivity contribution in [3.63, 3.8) is 0 Å². The highest BCUT2D eigenvalue weighted by atomic mass is 19.1. The van der Waals surface area contributed by atoms with Gasteiger partial charge in [0.25, 0.3) is 5.91 Å². The zero-order valence-corrected chi connectivity index (χ0v) is 15.0. The van der Waals surface area contributed by atoms with Crippen molar-refractivity contribution in [2.24, 2.45) is 5.92 Å². The molecular formula is C19H24FN3O3. The second kappa shape index (κ2) is 7.05. The van der Waals surface area contributed by atoms with Crippen molar-refractivity contribution in [1.29, 1.82) is 0 Å². The lowest BCUT2D eigenvalue weighted by Gasteiger charge is -2.22. The van der Waals surface area contributed by atoms with Gasteiger partial charge in [-0.2, -0.15) is 0 Å². The van der Waals surface area contributed by atoms with Crippen molar-refractivity contribution in [3.8, 4) is 0 Å². The van der Waals surface area contributed by atoms with E-state index in [1.165, 1.54) is 12.1 Å². The molecular weight excluding hydrogens is 337 g/mol. The molecule has 1 heterocycles. The van der Waals surface area contributed by atoms with Gasteiger partial charge in [0.05, 0.1) is 0 Å². The SMILES string of the molecule is CC1(C)NC(=O)N(CC(=O)N[C@@H]2CCC[C@@H]2Cc2ccc(F)cc2)C1=O. The summed E-state index contributed by atoms with van der Waals surface area (Å²) in [4.78, 5) is 37.4. The molecule has 1 aliphatic heterocycles. The molecule has 3 rings (SSSR count). The largest absolute Gasteiger partial charge is 0.352 e. The fourth-order valence-electron chi connectivity index (χ4n) is 3.75. The summed E-state index contributed by atoms with van der Waals surface area (Å²) in [5.41, 5.74) is 0.0592. The number of nitrogens with zero attached hydrogens (tertiary/aromatic N) is 1. The first-order valence-corrected chi connectivity index (χ1v) is 8.94. The molecule has 6 nitrogen and oxygen atoms in total. The number of carbonyl (C=O) groups excluding carboxylic acids is 3. The van der Waals surface area contributed by atoms with Crippen molar-refractivity contribution in [1.82, 2.24) is 15.5 Å². The Balaban J connectivity index is 1.57. The minimum absolute atomic E-state index is 0.00123. The van der Waals surface area contributed by atoms with Crippen LogP contribution in [0, 0.1) is 11.7 Å². The highest BCUT2D eigenvalue weighted by Crippen LogP contribution is 2.29. The van der Waals surface area contributed by atoms with E-state index in [0.717, 1.165) is 36.1 Å². The second-order valence-corrected chi connectivity index (χ2v) is 7.64. The number of carbonyl (C=O) groups is 3. The molecule has 4 amide bonds. The molecule has 26 heavy (non-hydrogen) atoms. The van der Waals surface area contributed by atoms with Crippen LogP contribution < -0.4 is 10.6 Å². The van der Waals surface area contributed by atoms with Crippen LogP contribution in [-0.2, 0) is 16.0 Å². The Labute approximate surface area is 152 Å². The smallest absolute Gasteiger partial charge is 0.325 e. The summed E-state index contributed by atoms with van der Waals surface area (Å²) < 4.78 is 13.0. The van der Waals surface area contributed by atoms with Gasteiger partial charge in [-0.15, -0.1) is 0 Å². The van der Waals surface area contributed by atoms with Crippen LogP contribution in [0.3, 0.4) is 0 Å². The number of nitrogens with one attached hydrogen (secondary N) is 2. The molecule has 2 N–H and O–H groups in total. The lowest BCUT2D eigenvalue weighted by atomic mass is 9.94. The van der Waals surface area contributed by atoms with E-state index >= 15 is 0 Å². The first-order chi connectivity index (χ1) is 12.3. The number of hydrogen-bond acceptors (Lipinski definition) is 3. The Kier molecular flexibility index (Phi) is 4.98. The molecule has 1 aliphatic carbocycles. The van der Waals surface area contributed by atoms with Gasteiger partial charge < -0.3 is 10.6 Å². The van der Waals surface area contributed by atoms with E-state index in [1.54, 1.807) is 26.0 Å². The van der Waals surface area contributed by atoms with Crippen LogP contribution in [0.1, 0.15) is 38.7 Å². The van der Waals surface area contributed by atoms with Crippen molar-refractivity contribution >= 4 is 17.8 Å². The number of halogens is 1. The summed E-state index contributed by atoms with van der Waals surface area (Å²) in [5.74, 6) is -0.723. The van der Waals surface area contributed by atoms with Gasteiger partial charge in [-0.25, -0.2) is 9.18 Å². The molecule has 1 aromatic carbocycles. The third kappa shape index (κ3) is 3.86. The Bertz CT molecular complexity index is 717. The number of benzene rings is 1. The minimum atomic E-state index is -0.976. The Morgan fingerprint density at radius 3 is 2.58 bits per heavy atom. The fraction of sp³-hybridized carbons (Fsp3) is 0.526. The predicted octanol–water partition coefficient (Wildman–Crippen LogP) is 1.98. The molecule has 0 aromatic heterocycles. The maximum atomic E-state index is 13.0. The summed E-state index contributed by atoms with van der Waals surface area (Å²) in [7, 11) is 0. The van der Waals surface area contributed by atoms with Crippen LogP contribution in [-0.4, -0.2) is 40.9 Å². The Hall–Kier alpha value is -2.44. The maximum absolute atomic E-state index is 13.0. The van der Waals surface area contributed by atoms with Crippen molar-refractivity contribution < 1.29 is 18.8 Å². The summed E-state index contributed by atoms with van der Waals surface area (Å²) >= 11 is 0. The van der Waals surface area contributed by atoms with Gasteiger partial charge in [0.2, 0.25) is 5.91 Å². The van der Waals surface area contributed by atoms with Gasteiger partial charge in [0, 0.05) is 6.04 Å². The topological polar surface area (TPSA) is 78.5 Å². The monoisotopic (exact) mass is 361 g/mol. The average Bonchev–Trinajstić information content (AvgIpc) is 3.07. The molecule has 140 valence electrons. The molecule has 2 atom stereocenters. The van der Waals surface area contributed by atoms with Gasteiger partial charge in [0.15, 0.2) is 0 Å². The van der Waals surface area contributed by atoms with Gasteiger partial charge in [-0.05, 0) is 56.7 Å². The van der Waals surface area contributed by atoms with Crippen molar-refractivity contribution in [3.05, 3.63) is 35.6 Å². The molecule has 0 unspecified atom stereocenters.